The Kier molecular flexibility index (Phi) is 4.22. The number of halogens is 1. The molecule has 0 saturated heterocycles. The van der Waals surface area contributed by atoms with Gasteiger partial charge in [0, 0.05) is 11.9 Å². The first-order valence-electron chi connectivity index (χ1n) is 7.14. The third-order valence-corrected chi connectivity index (χ3v) is 3.97. The number of hydrogen-bond donors (Lipinski definition) is 1. The average Bonchev–Trinajstić information content (AvgIpc) is 2.93. The zero-order chi connectivity index (χ0) is 17.3. The number of fused-ring (bicyclic) bond motifs is 1. The van der Waals surface area contributed by atoms with E-state index in [4.69, 9.17) is 16.3 Å². The van der Waals surface area contributed by atoms with E-state index >= 15 is 0 Å². The van der Waals surface area contributed by atoms with Crippen molar-refractivity contribution < 1.29 is 14.3 Å². The van der Waals surface area contributed by atoms with Gasteiger partial charge in [-0.15, -0.1) is 0 Å². The van der Waals surface area contributed by atoms with Gasteiger partial charge in [0.15, 0.2) is 5.69 Å². The van der Waals surface area contributed by atoms with Crippen molar-refractivity contribution in [2.45, 2.75) is 6.92 Å². The summed E-state index contributed by atoms with van der Waals surface area (Å²) < 4.78 is 6.27. The molecule has 2 heterocycles. The highest BCUT2D eigenvalue weighted by Crippen LogP contribution is 2.23. The van der Waals surface area contributed by atoms with Crippen molar-refractivity contribution in [3.8, 4) is 0 Å². The van der Waals surface area contributed by atoms with Gasteiger partial charge < -0.3 is 10.1 Å². The fourth-order valence-corrected chi connectivity index (χ4v) is 2.61. The Morgan fingerprint density at radius 1 is 1.25 bits per heavy atom. The Morgan fingerprint density at radius 2 is 2.04 bits per heavy atom. The van der Waals surface area contributed by atoms with E-state index in [0.717, 1.165) is 5.56 Å². The highest BCUT2D eigenvalue weighted by Gasteiger charge is 2.18. The molecule has 3 aromatic rings. The van der Waals surface area contributed by atoms with Crippen LogP contribution < -0.4 is 5.32 Å². The lowest BCUT2D eigenvalue weighted by Gasteiger charge is -2.08. The van der Waals surface area contributed by atoms with Crippen molar-refractivity contribution in [1.29, 1.82) is 0 Å². The summed E-state index contributed by atoms with van der Waals surface area (Å²) in [4.78, 5) is 24.2. The minimum atomic E-state index is -0.464. The second-order valence-corrected chi connectivity index (χ2v) is 5.55. The van der Waals surface area contributed by atoms with E-state index < -0.39 is 11.9 Å². The van der Waals surface area contributed by atoms with Crippen LogP contribution >= 0.6 is 11.6 Å². The lowest BCUT2D eigenvalue weighted by atomic mass is 10.1. The largest absolute Gasteiger partial charge is 0.465 e. The maximum absolute atomic E-state index is 12.5. The minimum absolute atomic E-state index is 0.114. The zero-order valence-electron chi connectivity index (χ0n) is 13.0. The Hall–Kier alpha value is -2.86. The number of carbonyl (C=O) groups is 2. The number of aromatic nitrogens is 2. The molecule has 1 aromatic carbocycles. The lowest BCUT2D eigenvalue weighted by molar-refractivity contribution is 0.0599. The number of anilines is 1. The fourth-order valence-electron chi connectivity index (χ4n) is 2.33. The molecule has 0 unspecified atom stereocenters. The Balaban J connectivity index is 1.92. The monoisotopic (exact) mass is 343 g/mol. The van der Waals surface area contributed by atoms with Gasteiger partial charge in [0.05, 0.1) is 23.2 Å². The van der Waals surface area contributed by atoms with Gasteiger partial charge >= 0.3 is 5.97 Å². The molecule has 0 bridgehead atoms. The SMILES string of the molecule is COC(=O)c1cc(NC(=O)c2nn3ccccc3c2Cl)ccc1C. The van der Waals surface area contributed by atoms with Crippen LogP contribution in [0, 0.1) is 6.92 Å². The third-order valence-electron chi connectivity index (χ3n) is 3.60. The van der Waals surface area contributed by atoms with E-state index in [1.807, 2.05) is 6.07 Å². The topological polar surface area (TPSA) is 72.7 Å². The summed E-state index contributed by atoms with van der Waals surface area (Å²) in [5.74, 6) is -0.919. The average molecular weight is 344 g/mol. The predicted octanol–water partition coefficient (Wildman–Crippen LogP) is 3.34. The van der Waals surface area contributed by atoms with Crippen molar-refractivity contribution >= 4 is 34.7 Å². The molecule has 122 valence electrons. The maximum Gasteiger partial charge on any atom is 0.338 e. The van der Waals surface area contributed by atoms with E-state index in [1.54, 1.807) is 43.5 Å². The molecule has 0 radical (unpaired) electrons. The van der Waals surface area contributed by atoms with Crippen LogP contribution in [0.25, 0.3) is 5.52 Å². The van der Waals surface area contributed by atoms with E-state index in [2.05, 4.69) is 10.4 Å². The Morgan fingerprint density at radius 3 is 2.75 bits per heavy atom. The van der Waals surface area contributed by atoms with Gasteiger partial charge in [-0.1, -0.05) is 23.7 Å². The lowest BCUT2D eigenvalue weighted by Crippen LogP contribution is -2.14. The number of ether oxygens (including phenoxy) is 1. The molecule has 0 aliphatic rings. The van der Waals surface area contributed by atoms with E-state index in [9.17, 15) is 9.59 Å². The number of hydrogen-bond acceptors (Lipinski definition) is 4. The van der Waals surface area contributed by atoms with Crippen LogP contribution in [0.5, 0.6) is 0 Å². The molecule has 0 aliphatic heterocycles. The maximum atomic E-state index is 12.5. The number of nitrogens with one attached hydrogen (secondary N) is 1. The number of rotatable bonds is 3. The number of aryl methyl sites for hydroxylation is 1. The van der Waals surface area contributed by atoms with Crippen LogP contribution in [0.2, 0.25) is 5.02 Å². The van der Waals surface area contributed by atoms with Crippen LogP contribution in [0.1, 0.15) is 26.4 Å². The molecule has 3 rings (SSSR count). The van der Waals surface area contributed by atoms with Gasteiger partial charge in [0.25, 0.3) is 5.91 Å². The number of methoxy groups -OCH3 is 1. The van der Waals surface area contributed by atoms with Crippen LogP contribution in [-0.4, -0.2) is 28.6 Å². The summed E-state index contributed by atoms with van der Waals surface area (Å²) in [7, 11) is 1.31. The first-order valence-corrected chi connectivity index (χ1v) is 7.52. The van der Waals surface area contributed by atoms with Gasteiger partial charge in [-0.2, -0.15) is 5.10 Å². The van der Waals surface area contributed by atoms with Crippen molar-refractivity contribution in [3.05, 3.63) is 64.4 Å². The van der Waals surface area contributed by atoms with Crippen molar-refractivity contribution in [3.63, 3.8) is 0 Å². The molecule has 1 amide bonds. The molecule has 0 spiro atoms. The number of benzene rings is 1. The molecule has 24 heavy (non-hydrogen) atoms. The van der Waals surface area contributed by atoms with Crippen molar-refractivity contribution in [1.82, 2.24) is 9.61 Å². The van der Waals surface area contributed by atoms with Gasteiger partial charge in [-0.3, -0.25) is 4.79 Å². The number of pyridine rings is 1. The Bertz CT molecular complexity index is 949. The fraction of sp³-hybridized carbons (Fsp3) is 0.118. The molecule has 6 nitrogen and oxygen atoms in total. The number of nitrogens with zero attached hydrogens (tertiary/aromatic N) is 2. The molecule has 0 aliphatic carbocycles. The van der Waals surface area contributed by atoms with E-state index in [0.29, 0.717) is 16.8 Å². The highest BCUT2D eigenvalue weighted by molar-refractivity contribution is 6.37. The molecule has 0 saturated carbocycles. The second-order valence-electron chi connectivity index (χ2n) is 5.17. The van der Waals surface area contributed by atoms with Crippen LogP contribution in [-0.2, 0) is 4.74 Å². The zero-order valence-corrected chi connectivity index (χ0v) is 13.8. The number of amides is 1. The third kappa shape index (κ3) is 2.83. The summed E-state index contributed by atoms with van der Waals surface area (Å²) in [5.41, 5.74) is 2.35. The van der Waals surface area contributed by atoms with Gasteiger partial charge in [-0.05, 0) is 36.8 Å². The first kappa shape index (κ1) is 16.0. The van der Waals surface area contributed by atoms with Crippen molar-refractivity contribution in [2.75, 3.05) is 12.4 Å². The molecular formula is C17H14ClN3O3. The summed E-state index contributed by atoms with van der Waals surface area (Å²) in [6, 6.07) is 10.4. The molecule has 2 aromatic heterocycles. The van der Waals surface area contributed by atoms with Gasteiger partial charge in [0.2, 0.25) is 0 Å². The summed E-state index contributed by atoms with van der Waals surface area (Å²) in [5, 5.41) is 7.15. The number of esters is 1. The smallest absolute Gasteiger partial charge is 0.338 e. The summed E-state index contributed by atoms with van der Waals surface area (Å²) >= 11 is 6.23. The van der Waals surface area contributed by atoms with Gasteiger partial charge in [0.1, 0.15) is 0 Å². The molecule has 0 fully saturated rings. The molecule has 1 N–H and O–H groups in total. The quantitative estimate of drug-likeness (QED) is 0.740. The normalized spacial score (nSPS) is 10.6. The summed E-state index contributed by atoms with van der Waals surface area (Å²) in [6.45, 7) is 1.79. The van der Waals surface area contributed by atoms with Crippen LogP contribution in [0.15, 0.2) is 42.6 Å². The first-order chi connectivity index (χ1) is 11.5. The van der Waals surface area contributed by atoms with E-state index in [1.165, 1.54) is 11.6 Å². The predicted molar refractivity (Wildman–Crippen MR) is 90.7 cm³/mol. The number of carbonyl (C=O) groups excluding carboxylic acids is 2. The molecular weight excluding hydrogens is 330 g/mol. The van der Waals surface area contributed by atoms with E-state index in [-0.39, 0.29) is 10.7 Å². The Labute approximate surface area is 143 Å². The molecule has 7 heteroatoms. The minimum Gasteiger partial charge on any atom is -0.465 e. The second kappa shape index (κ2) is 6.33. The van der Waals surface area contributed by atoms with Crippen LogP contribution in [0.4, 0.5) is 5.69 Å². The summed E-state index contributed by atoms with van der Waals surface area (Å²) in [6.07, 6.45) is 1.71. The van der Waals surface area contributed by atoms with Gasteiger partial charge in [-0.25, -0.2) is 9.31 Å². The highest BCUT2D eigenvalue weighted by atomic mass is 35.5. The molecule has 0 atom stereocenters. The van der Waals surface area contributed by atoms with Crippen LogP contribution in [0.3, 0.4) is 0 Å². The standard InChI is InChI=1S/C17H14ClN3O3/c1-10-6-7-11(9-12(10)17(23)24-2)19-16(22)15-14(18)13-5-3-4-8-21(13)20-15/h3-9H,1-2H3,(H,19,22). The van der Waals surface area contributed by atoms with Crippen molar-refractivity contribution in [2.24, 2.45) is 0 Å².